The number of rotatable bonds is 0. The summed E-state index contributed by atoms with van der Waals surface area (Å²) in [6.45, 7) is 0. The molecule has 0 radical (unpaired) electrons. The summed E-state index contributed by atoms with van der Waals surface area (Å²) in [5.74, 6) is 0. The van der Waals surface area contributed by atoms with Crippen LogP contribution in [0.3, 0.4) is 0 Å². The van der Waals surface area contributed by atoms with Crippen molar-refractivity contribution in [2.24, 2.45) is 4.99 Å². The van der Waals surface area contributed by atoms with Gasteiger partial charge in [-0.1, -0.05) is 11.6 Å². The molecule has 0 atom stereocenters. The monoisotopic (exact) mass is 226 g/mol. The normalized spacial score (nSPS) is 13.4. The van der Waals surface area contributed by atoms with E-state index in [1.54, 1.807) is 0 Å². The van der Waals surface area contributed by atoms with E-state index >= 15 is 0 Å². The number of nitrogens with zero attached hydrogens (tertiary/aromatic N) is 2. The van der Waals surface area contributed by atoms with Gasteiger partial charge in [-0.25, -0.2) is 0 Å². The first-order valence-electron chi connectivity index (χ1n) is 3.47. The number of halogens is 4. The van der Waals surface area contributed by atoms with Gasteiger partial charge in [-0.05, 0) is 6.07 Å². The van der Waals surface area contributed by atoms with Crippen molar-refractivity contribution in [2.75, 3.05) is 7.05 Å². The maximum Gasteiger partial charge on any atom is 0.417 e. The van der Waals surface area contributed by atoms with Crippen LogP contribution in [0.1, 0.15) is 5.56 Å². The predicted octanol–water partition coefficient (Wildman–Crippen LogP) is 1.93. The number of alkyl halides is 3. The second-order valence-corrected chi connectivity index (χ2v) is 2.87. The lowest BCUT2D eigenvalue weighted by Crippen LogP contribution is -2.22. The van der Waals surface area contributed by atoms with Crippen LogP contribution >= 0.6 is 11.6 Å². The van der Waals surface area contributed by atoms with Gasteiger partial charge >= 0.3 is 6.18 Å². The molecule has 0 aliphatic rings. The highest BCUT2D eigenvalue weighted by atomic mass is 35.5. The Bertz CT molecular complexity index is 384. The Kier molecular flexibility index (Phi) is 2.75. The molecule has 0 fully saturated rings. The molecule has 0 aromatic carbocycles. The molecule has 0 unspecified atom stereocenters. The summed E-state index contributed by atoms with van der Waals surface area (Å²) >= 11 is 5.47. The van der Waals surface area contributed by atoms with Crippen LogP contribution in [-0.4, -0.2) is 17.0 Å². The van der Waals surface area contributed by atoms with E-state index in [9.17, 15) is 13.2 Å². The minimum Gasteiger partial charge on any atom is -0.427 e. The zero-order valence-corrected chi connectivity index (χ0v) is 7.76. The van der Waals surface area contributed by atoms with Crippen LogP contribution in [-0.2, 0) is 6.18 Å². The van der Waals surface area contributed by atoms with E-state index < -0.39 is 11.7 Å². The SMILES string of the molecule is CN=c1c(Cl)cc(C(F)(F)F)cn1O. The largest absolute Gasteiger partial charge is 0.427 e. The summed E-state index contributed by atoms with van der Waals surface area (Å²) in [4.78, 5) is 3.51. The minimum absolute atomic E-state index is 0.125. The molecular weight excluding hydrogens is 221 g/mol. The summed E-state index contributed by atoms with van der Waals surface area (Å²) in [6.07, 6.45) is -4.03. The first-order valence-corrected chi connectivity index (χ1v) is 3.85. The Labute approximate surface area is 82.0 Å². The first kappa shape index (κ1) is 10.9. The fourth-order valence-electron chi connectivity index (χ4n) is 0.905. The zero-order chi connectivity index (χ0) is 10.9. The summed E-state index contributed by atoms with van der Waals surface area (Å²) in [6, 6.07) is 0.705. The second-order valence-electron chi connectivity index (χ2n) is 2.47. The van der Waals surface area contributed by atoms with Crippen LogP contribution in [0.25, 0.3) is 0 Å². The van der Waals surface area contributed by atoms with Crippen molar-refractivity contribution in [3.05, 3.63) is 28.3 Å². The van der Waals surface area contributed by atoms with Gasteiger partial charge in [0, 0.05) is 7.05 Å². The highest BCUT2D eigenvalue weighted by Crippen LogP contribution is 2.29. The lowest BCUT2D eigenvalue weighted by atomic mass is 10.3. The summed E-state index contributed by atoms with van der Waals surface area (Å²) in [5, 5.41) is 8.81. The third-order valence-corrected chi connectivity index (χ3v) is 1.79. The van der Waals surface area contributed by atoms with Crippen molar-refractivity contribution in [3.8, 4) is 0 Å². The lowest BCUT2D eigenvalue weighted by molar-refractivity contribution is -0.138. The van der Waals surface area contributed by atoms with Gasteiger partial charge in [0.1, 0.15) is 0 Å². The summed E-state index contributed by atoms with van der Waals surface area (Å²) in [7, 11) is 1.31. The molecule has 1 N–H and O–H groups in total. The quantitative estimate of drug-likeness (QED) is 0.675. The van der Waals surface area contributed by atoms with Crippen LogP contribution in [0.4, 0.5) is 13.2 Å². The van der Waals surface area contributed by atoms with E-state index in [4.69, 9.17) is 16.8 Å². The second kappa shape index (κ2) is 3.53. The molecule has 14 heavy (non-hydrogen) atoms. The molecule has 0 saturated carbocycles. The Balaban J connectivity index is 3.44. The lowest BCUT2D eigenvalue weighted by Gasteiger charge is -2.08. The minimum atomic E-state index is -4.54. The van der Waals surface area contributed by atoms with Crippen molar-refractivity contribution in [1.82, 2.24) is 4.73 Å². The smallest absolute Gasteiger partial charge is 0.417 e. The Morgan fingerprint density at radius 3 is 2.43 bits per heavy atom. The van der Waals surface area contributed by atoms with Crippen molar-refractivity contribution in [2.45, 2.75) is 6.18 Å². The average Bonchev–Trinajstić information content (AvgIpc) is 2.01. The highest BCUT2D eigenvalue weighted by Gasteiger charge is 2.31. The van der Waals surface area contributed by atoms with Crippen LogP contribution in [0.15, 0.2) is 17.3 Å². The third-order valence-electron chi connectivity index (χ3n) is 1.51. The summed E-state index contributed by atoms with van der Waals surface area (Å²) in [5.41, 5.74) is -1.16. The first-order chi connectivity index (χ1) is 6.36. The predicted molar refractivity (Wildman–Crippen MR) is 43.1 cm³/mol. The molecule has 0 bridgehead atoms. The van der Waals surface area contributed by atoms with Crippen molar-refractivity contribution < 1.29 is 18.4 Å². The van der Waals surface area contributed by atoms with Gasteiger partial charge in [0.25, 0.3) is 0 Å². The van der Waals surface area contributed by atoms with E-state index in [1.165, 1.54) is 7.05 Å². The number of hydrogen-bond donors (Lipinski definition) is 1. The topological polar surface area (TPSA) is 37.5 Å². The Hall–Kier alpha value is -1.17. The van der Waals surface area contributed by atoms with Gasteiger partial charge in [0.15, 0.2) is 5.49 Å². The molecule has 3 nitrogen and oxygen atoms in total. The molecule has 0 spiro atoms. The Morgan fingerprint density at radius 2 is 2.07 bits per heavy atom. The van der Waals surface area contributed by atoms with E-state index in [-0.39, 0.29) is 15.2 Å². The van der Waals surface area contributed by atoms with Crippen molar-refractivity contribution >= 4 is 11.6 Å². The molecule has 1 rings (SSSR count). The third kappa shape index (κ3) is 2.01. The Morgan fingerprint density at radius 1 is 1.50 bits per heavy atom. The molecule has 0 amide bonds. The standard InChI is InChI=1S/C7H6ClF3N2O/c1-12-6-5(8)2-4(3-13(6)14)7(9,10)11/h2-3,14H,1H3. The average molecular weight is 227 g/mol. The van der Waals surface area contributed by atoms with Crippen molar-refractivity contribution in [1.29, 1.82) is 0 Å². The van der Waals surface area contributed by atoms with E-state index in [1.807, 2.05) is 0 Å². The molecule has 7 heteroatoms. The van der Waals surface area contributed by atoms with Crippen LogP contribution < -0.4 is 5.49 Å². The van der Waals surface area contributed by atoms with Gasteiger partial charge in [-0.3, -0.25) is 4.99 Å². The maximum absolute atomic E-state index is 12.2. The van der Waals surface area contributed by atoms with Gasteiger partial charge in [0.2, 0.25) is 0 Å². The van der Waals surface area contributed by atoms with Crippen LogP contribution in [0.2, 0.25) is 5.02 Å². The van der Waals surface area contributed by atoms with E-state index in [0.29, 0.717) is 12.3 Å². The fraction of sp³-hybridized carbons (Fsp3) is 0.286. The van der Waals surface area contributed by atoms with E-state index in [2.05, 4.69) is 4.99 Å². The molecule has 1 aromatic heterocycles. The van der Waals surface area contributed by atoms with Gasteiger partial charge in [-0.15, -0.1) is 0 Å². The molecule has 0 aliphatic heterocycles. The van der Waals surface area contributed by atoms with Gasteiger partial charge < -0.3 is 5.21 Å². The molecule has 0 saturated heterocycles. The number of aromatic nitrogens is 1. The summed E-state index contributed by atoms with van der Waals surface area (Å²) < 4.78 is 36.8. The molecular formula is C7H6ClF3N2O. The zero-order valence-electron chi connectivity index (χ0n) is 7.01. The van der Waals surface area contributed by atoms with Gasteiger partial charge in [0.05, 0.1) is 16.8 Å². The molecule has 78 valence electrons. The van der Waals surface area contributed by atoms with Gasteiger partial charge in [-0.2, -0.15) is 17.9 Å². The number of hydrogen-bond acceptors (Lipinski definition) is 2. The fourth-order valence-corrected chi connectivity index (χ4v) is 1.19. The molecule has 1 aromatic rings. The maximum atomic E-state index is 12.2. The highest BCUT2D eigenvalue weighted by molar-refractivity contribution is 6.30. The van der Waals surface area contributed by atoms with Crippen molar-refractivity contribution in [3.63, 3.8) is 0 Å². The molecule has 0 aliphatic carbocycles. The molecule has 1 heterocycles. The van der Waals surface area contributed by atoms with Crippen LogP contribution in [0, 0.1) is 0 Å². The van der Waals surface area contributed by atoms with Crippen LogP contribution in [0.5, 0.6) is 0 Å². The van der Waals surface area contributed by atoms with E-state index in [0.717, 1.165) is 0 Å². The number of pyridine rings is 1.